The summed E-state index contributed by atoms with van der Waals surface area (Å²) in [5.74, 6) is 0. The van der Waals surface area contributed by atoms with Crippen molar-refractivity contribution in [2.45, 2.75) is 20.5 Å². The molecule has 3 rings (SSSR count). The van der Waals surface area contributed by atoms with Gasteiger partial charge >= 0.3 is 5.63 Å². The van der Waals surface area contributed by atoms with Gasteiger partial charge in [-0.05, 0) is 31.0 Å². The molecule has 4 heteroatoms. The summed E-state index contributed by atoms with van der Waals surface area (Å²) in [6.07, 6.45) is 1.67. The van der Waals surface area contributed by atoms with Crippen molar-refractivity contribution in [3.8, 4) is 0 Å². The monoisotopic (exact) mass is 244 g/mol. The Morgan fingerprint density at radius 2 is 1.94 bits per heavy atom. The van der Waals surface area contributed by atoms with Gasteiger partial charge in [-0.2, -0.15) is 0 Å². The van der Waals surface area contributed by atoms with Crippen LogP contribution < -0.4 is 5.63 Å². The van der Waals surface area contributed by atoms with Crippen molar-refractivity contribution in [1.82, 2.24) is 0 Å². The van der Waals surface area contributed by atoms with Gasteiger partial charge in [-0.25, -0.2) is 4.79 Å². The zero-order valence-electron chi connectivity index (χ0n) is 10.1. The van der Waals surface area contributed by atoms with Crippen molar-refractivity contribution in [2.24, 2.45) is 0 Å². The Bertz CT molecular complexity index is 808. The summed E-state index contributed by atoms with van der Waals surface area (Å²) in [6.45, 7) is 3.61. The van der Waals surface area contributed by atoms with E-state index in [2.05, 4.69) is 0 Å². The number of fused-ring (bicyclic) bond motifs is 2. The third-order valence-corrected chi connectivity index (χ3v) is 3.25. The van der Waals surface area contributed by atoms with Crippen molar-refractivity contribution in [3.63, 3.8) is 0 Å². The average molecular weight is 244 g/mol. The first kappa shape index (κ1) is 11.0. The molecule has 0 aliphatic rings. The maximum absolute atomic E-state index is 11.4. The molecule has 3 aromatic rings. The topological polar surface area (TPSA) is 63.6 Å². The van der Waals surface area contributed by atoms with E-state index in [0.717, 1.165) is 27.5 Å². The summed E-state index contributed by atoms with van der Waals surface area (Å²) in [6, 6.07) is 3.22. The van der Waals surface area contributed by atoms with E-state index < -0.39 is 5.63 Å². The molecule has 1 aromatic carbocycles. The molecule has 0 unspecified atom stereocenters. The second-order valence-electron chi connectivity index (χ2n) is 4.42. The minimum Gasteiger partial charge on any atom is -0.464 e. The lowest BCUT2D eigenvalue weighted by Crippen LogP contribution is -2.01. The van der Waals surface area contributed by atoms with E-state index in [4.69, 9.17) is 8.83 Å². The van der Waals surface area contributed by atoms with Crippen LogP contribution in [0.3, 0.4) is 0 Å². The molecule has 1 N–H and O–H groups in total. The number of aryl methyl sites for hydroxylation is 2. The second kappa shape index (κ2) is 3.71. The molecule has 0 saturated carbocycles. The quantitative estimate of drug-likeness (QED) is 0.668. The first-order chi connectivity index (χ1) is 8.61. The molecular formula is C14H12O4. The van der Waals surface area contributed by atoms with Crippen molar-refractivity contribution in [1.29, 1.82) is 0 Å². The molecule has 0 atom stereocenters. The molecule has 0 amide bonds. The van der Waals surface area contributed by atoms with E-state index in [1.165, 1.54) is 6.07 Å². The van der Waals surface area contributed by atoms with E-state index in [-0.39, 0.29) is 6.61 Å². The second-order valence-corrected chi connectivity index (χ2v) is 4.42. The summed E-state index contributed by atoms with van der Waals surface area (Å²) in [5.41, 5.74) is 3.11. The van der Waals surface area contributed by atoms with Crippen LogP contribution in [0.4, 0.5) is 0 Å². The van der Waals surface area contributed by atoms with Gasteiger partial charge in [0, 0.05) is 22.4 Å². The van der Waals surface area contributed by atoms with E-state index in [9.17, 15) is 9.90 Å². The number of hydrogen-bond donors (Lipinski definition) is 1. The predicted molar refractivity (Wildman–Crippen MR) is 67.7 cm³/mol. The van der Waals surface area contributed by atoms with Gasteiger partial charge in [0.25, 0.3) is 0 Å². The molecule has 2 aromatic heterocycles. The highest BCUT2D eigenvalue weighted by atomic mass is 16.4. The molecular weight excluding hydrogens is 232 g/mol. The molecule has 0 spiro atoms. The van der Waals surface area contributed by atoms with Gasteiger partial charge in [0.15, 0.2) is 0 Å². The summed E-state index contributed by atoms with van der Waals surface area (Å²) < 4.78 is 10.7. The average Bonchev–Trinajstić information content (AvgIpc) is 2.72. The van der Waals surface area contributed by atoms with E-state index in [0.29, 0.717) is 11.1 Å². The molecule has 0 fully saturated rings. The Kier molecular flexibility index (Phi) is 2.28. The van der Waals surface area contributed by atoms with Gasteiger partial charge < -0.3 is 13.9 Å². The summed E-state index contributed by atoms with van der Waals surface area (Å²) in [5, 5.41) is 11.1. The number of furan rings is 1. The lowest BCUT2D eigenvalue weighted by Gasteiger charge is -2.05. The summed E-state index contributed by atoms with van der Waals surface area (Å²) in [7, 11) is 0. The Morgan fingerprint density at radius 3 is 2.67 bits per heavy atom. The predicted octanol–water partition coefficient (Wildman–Crippen LogP) is 2.65. The largest absolute Gasteiger partial charge is 0.464 e. The zero-order valence-corrected chi connectivity index (χ0v) is 10.1. The Hall–Kier alpha value is -2.07. The van der Waals surface area contributed by atoms with Crippen molar-refractivity contribution < 1.29 is 13.9 Å². The highest BCUT2D eigenvalue weighted by Gasteiger charge is 2.14. The maximum atomic E-state index is 11.4. The molecule has 0 aliphatic heterocycles. The van der Waals surface area contributed by atoms with Gasteiger partial charge in [0.2, 0.25) is 0 Å². The Morgan fingerprint density at radius 1 is 1.17 bits per heavy atom. The molecule has 0 radical (unpaired) electrons. The van der Waals surface area contributed by atoms with Crippen molar-refractivity contribution in [3.05, 3.63) is 45.5 Å². The number of rotatable bonds is 1. The Labute approximate surface area is 102 Å². The first-order valence-electron chi connectivity index (χ1n) is 5.67. The minimum atomic E-state index is -0.461. The molecule has 4 nitrogen and oxygen atoms in total. The first-order valence-corrected chi connectivity index (χ1v) is 5.67. The molecule has 92 valence electrons. The fourth-order valence-electron chi connectivity index (χ4n) is 2.29. The van der Waals surface area contributed by atoms with Crippen LogP contribution in [0.2, 0.25) is 0 Å². The van der Waals surface area contributed by atoms with Gasteiger partial charge in [-0.1, -0.05) is 0 Å². The Balaban J connectivity index is 2.60. The molecule has 2 heterocycles. The van der Waals surface area contributed by atoms with Crippen molar-refractivity contribution in [2.75, 3.05) is 0 Å². The minimum absolute atomic E-state index is 0.191. The fourth-order valence-corrected chi connectivity index (χ4v) is 2.29. The molecule has 18 heavy (non-hydrogen) atoms. The third-order valence-electron chi connectivity index (χ3n) is 3.25. The van der Waals surface area contributed by atoms with Gasteiger partial charge in [-0.3, -0.25) is 0 Å². The highest BCUT2D eigenvalue weighted by molar-refractivity contribution is 5.99. The lowest BCUT2D eigenvalue weighted by molar-refractivity contribution is 0.282. The van der Waals surface area contributed by atoms with E-state index in [1.54, 1.807) is 6.26 Å². The SMILES string of the molecule is Cc1coc2c(C)c3oc(=O)cc(CO)c3cc12. The van der Waals surface area contributed by atoms with Crippen LogP contribution in [-0.4, -0.2) is 5.11 Å². The fraction of sp³-hybridized carbons (Fsp3) is 0.214. The maximum Gasteiger partial charge on any atom is 0.336 e. The van der Waals surface area contributed by atoms with E-state index in [1.807, 2.05) is 19.9 Å². The number of aliphatic hydroxyl groups is 1. The van der Waals surface area contributed by atoms with Crippen LogP contribution in [0.5, 0.6) is 0 Å². The summed E-state index contributed by atoms with van der Waals surface area (Å²) in [4.78, 5) is 11.4. The molecule has 0 saturated heterocycles. The van der Waals surface area contributed by atoms with E-state index >= 15 is 0 Å². The summed E-state index contributed by atoms with van der Waals surface area (Å²) >= 11 is 0. The number of benzene rings is 1. The van der Waals surface area contributed by atoms with Crippen LogP contribution >= 0.6 is 0 Å². The third kappa shape index (κ3) is 1.39. The van der Waals surface area contributed by atoms with Crippen LogP contribution in [0, 0.1) is 13.8 Å². The number of aliphatic hydroxyl groups excluding tert-OH is 1. The van der Waals surface area contributed by atoms with Crippen LogP contribution in [-0.2, 0) is 6.61 Å². The van der Waals surface area contributed by atoms with Crippen molar-refractivity contribution >= 4 is 21.9 Å². The van der Waals surface area contributed by atoms with Crippen LogP contribution in [0.25, 0.3) is 21.9 Å². The normalized spacial score (nSPS) is 11.5. The standard InChI is InChI=1S/C14H12O4/c1-7-6-17-13-8(2)14-11(4-10(7)13)9(5-15)3-12(16)18-14/h3-4,6,15H,5H2,1-2H3. The van der Waals surface area contributed by atoms with Crippen LogP contribution in [0.15, 0.2) is 32.0 Å². The molecule has 0 aliphatic carbocycles. The molecule has 0 bridgehead atoms. The highest BCUT2D eigenvalue weighted by Crippen LogP contribution is 2.31. The van der Waals surface area contributed by atoms with Gasteiger partial charge in [0.1, 0.15) is 11.2 Å². The van der Waals surface area contributed by atoms with Gasteiger partial charge in [-0.15, -0.1) is 0 Å². The smallest absolute Gasteiger partial charge is 0.336 e. The zero-order chi connectivity index (χ0) is 12.9. The van der Waals surface area contributed by atoms with Crippen LogP contribution in [0.1, 0.15) is 16.7 Å². The lowest BCUT2D eigenvalue weighted by atomic mass is 10.0. The number of hydrogen-bond acceptors (Lipinski definition) is 4. The van der Waals surface area contributed by atoms with Gasteiger partial charge in [0.05, 0.1) is 12.9 Å².